The first kappa shape index (κ1) is 19.8. The first-order valence-corrected chi connectivity index (χ1v) is 10.7. The molecule has 0 unspecified atom stereocenters. The molecular weight excluding hydrogens is 393 g/mol. The molecule has 0 bridgehead atoms. The van der Waals surface area contributed by atoms with Crippen LogP contribution in [-0.4, -0.2) is 35.6 Å². The van der Waals surface area contributed by atoms with Crippen molar-refractivity contribution in [2.24, 2.45) is 0 Å². The number of anilines is 1. The van der Waals surface area contributed by atoms with Crippen LogP contribution in [0.15, 0.2) is 24.3 Å². The van der Waals surface area contributed by atoms with Crippen molar-refractivity contribution in [2.75, 3.05) is 16.8 Å². The number of nitrogens with zero attached hydrogens (tertiary/aromatic N) is 2. The number of hydrogen-bond acceptors (Lipinski definition) is 4. The van der Waals surface area contributed by atoms with Crippen molar-refractivity contribution in [3.63, 3.8) is 0 Å². The number of halogens is 2. The van der Waals surface area contributed by atoms with Crippen LogP contribution in [0, 0.1) is 5.82 Å². The zero-order valence-corrected chi connectivity index (χ0v) is 16.9. The molecule has 1 aliphatic heterocycles. The van der Waals surface area contributed by atoms with E-state index in [1.807, 2.05) is 20.8 Å². The first-order valence-electron chi connectivity index (χ1n) is 8.53. The summed E-state index contributed by atoms with van der Waals surface area (Å²) in [5, 5.41) is 7.30. The Morgan fingerprint density at radius 3 is 2.59 bits per heavy atom. The standard InChI is InChI=1S/C18H21ClFN3O3S/c1-18(2,3)15-9-16(23(22-15)12-6-7-27(25,26)10-12)21-17(24)13-5-4-11(20)8-14(13)19/h4-5,8-9,12H,6-7,10H2,1-3H3,(H,21,24)/t12-/m0/s1. The molecular formula is C18H21ClFN3O3S. The van der Waals surface area contributed by atoms with E-state index in [0.29, 0.717) is 12.2 Å². The van der Waals surface area contributed by atoms with E-state index in [1.165, 1.54) is 6.07 Å². The monoisotopic (exact) mass is 413 g/mol. The van der Waals surface area contributed by atoms with Gasteiger partial charge in [0.15, 0.2) is 9.84 Å². The Labute approximate surface area is 162 Å². The quantitative estimate of drug-likeness (QED) is 0.833. The van der Waals surface area contributed by atoms with Gasteiger partial charge in [-0.1, -0.05) is 32.4 Å². The lowest BCUT2D eigenvalue weighted by Gasteiger charge is -2.15. The Morgan fingerprint density at radius 2 is 2.04 bits per heavy atom. The summed E-state index contributed by atoms with van der Waals surface area (Å²) in [4.78, 5) is 12.6. The van der Waals surface area contributed by atoms with Crippen LogP contribution in [0.3, 0.4) is 0 Å². The van der Waals surface area contributed by atoms with Crippen LogP contribution < -0.4 is 5.32 Å². The number of sulfone groups is 1. The second-order valence-corrected chi connectivity index (χ2v) is 10.4. The van der Waals surface area contributed by atoms with Crippen molar-refractivity contribution in [2.45, 2.75) is 38.6 Å². The number of nitrogens with one attached hydrogen (secondary N) is 1. The summed E-state index contributed by atoms with van der Waals surface area (Å²) in [6.45, 7) is 5.94. The molecule has 3 rings (SSSR count). The van der Waals surface area contributed by atoms with Crippen molar-refractivity contribution >= 4 is 33.2 Å². The molecule has 1 fully saturated rings. The van der Waals surface area contributed by atoms with Gasteiger partial charge in [0.25, 0.3) is 5.91 Å². The van der Waals surface area contributed by atoms with E-state index in [9.17, 15) is 17.6 Å². The van der Waals surface area contributed by atoms with Crippen LogP contribution >= 0.6 is 11.6 Å². The average molecular weight is 414 g/mol. The minimum atomic E-state index is -3.12. The third-order valence-electron chi connectivity index (χ3n) is 4.48. The Bertz CT molecular complexity index is 996. The largest absolute Gasteiger partial charge is 0.307 e. The molecule has 9 heteroatoms. The number of carbonyl (C=O) groups excluding carboxylic acids is 1. The highest BCUT2D eigenvalue weighted by atomic mass is 35.5. The van der Waals surface area contributed by atoms with Crippen LogP contribution in [0.25, 0.3) is 0 Å². The minimum Gasteiger partial charge on any atom is -0.307 e. The molecule has 2 aromatic rings. The number of hydrogen-bond donors (Lipinski definition) is 1. The Hall–Kier alpha value is -1.93. The van der Waals surface area contributed by atoms with Crippen LogP contribution in [0.2, 0.25) is 5.02 Å². The van der Waals surface area contributed by atoms with Crippen LogP contribution in [0.5, 0.6) is 0 Å². The van der Waals surface area contributed by atoms with E-state index in [0.717, 1.165) is 17.8 Å². The van der Waals surface area contributed by atoms with Crippen molar-refractivity contribution in [3.8, 4) is 0 Å². The Balaban J connectivity index is 1.96. The van der Waals surface area contributed by atoms with Gasteiger partial charge in [0.05, 0.1) is 33.8 Å². The first-order chi connectivity index (χ1) is 12.5. The molecule has 0 radical (unpaired) electrons. The summed E-state index contributed by atoms with van der Waals surface area (Å²) in [6.07, 6.45) is 0.438. The zero-order chi connectivity index (χ0) is 20.0. The lowest BCUT2D eigenvalue weighted by Crippen LogP contribution is -2.20. The minimum absolute atomic E-state index is 0.00180. The molecule has 0 saturated carbocycles. The fourth-order valence-electron chi connectivity index (χ4n) is 2.96. The second kappa shape index (κ2) is 6.91. The van der Waals surface area contributed by atoms with Gasteiger partial charge in [-0.3, -0.25) is 4.79 Å². The number of benzene rings is 1. The molecule has 1 aliphatic rings. The summed E-state index contributed by atoms with van der Waals surface area (Å²) < 4.78 is 38.5. The normalized spacial score (nSPS) is 19.2. The van der Waals surface area contributed by atoms with Crippen molar-refractivity contribution in [3.05, 3.63) is 46.4 Å². The Kier molecular flexibility index (Phi) is 5.07. The van der Waals surface area contributed by atoms with Crippen LogP contribution in [0.4, 0.5) is 10.2 Å². The van der Waals surface area contributed by atoms with Crippen LogP contribution in [-0.2, 0) is 15.3 Å². The summed E-state index contributed by atoms with van der Waals surface area (Å²) >= 11 is 5.97. The van der Waals surface area contributed by atoms with Gasteiger partial charge >= 0.3 is 0 Å². The van der Waals surface area contributed by atoms with Gasteiger partial charge in [-0.05, 0) is 24.6 Å². The van der Waals surface area contributed by atoms with E-state index in [1.54, 1.807) is 10.7 Å². The number of amides is 1. The van der Waals surface area contributed by atoms with E-state index >= 15 is 0 Å². The molecule has 27 heavy (non-hydrogen) atoms. The van der Waals surface area contributed by atoms with E-state index in [4.69, 9.17) is 11.6 Å². The molecule has 146 valence electrons. The molecule has 1 amide bonds. The third-order valence-corrected chi connectivity index (χ3v) is 6.54. The maximum Gasteiger partial charge on any atom is 0.258 e. The number of aromatic nitrogens is 2. The molecule has 1 aromatic heterocycles. The van der Waals surface area contributed by atoms with E-state index in [-0.39, 0.29) is 33.5 Å². The molecule has 1 saturated heterocycles. The lowest BCUT2D eigenvalue weighted by atomic mass is 9.92. The van der Waals surface area contributed by atoms with E-state index < -0.39 is 21.6 Å². The highest BCUT2D eigenvalue weighted by molar-refractivity contribution is 7.91. The fourth-order valence-corrected chi connectivity index (χ4v) is 4.90. The van der Waals surface area contributed by atoms with Gasteiger partial charge < -0.3 is 5.32 Å². The number of carbonyl (C=O) groups is 1. The van der Waals surface area contributed by atoms with E-state index in [2.05, 4.69) is 10.4 Å². The highest BCUT2D eigenvalue weighted by Gasteiger charge is 2.33. The molecule has 1 atom stereocenters. The van der Waals surface area contributed by atoms with Crippen molar-refractivity contribution in [1.29, 1.82) is 0 Å². The van der Waals surface area contributed by atoms with Gasteiger partial charge in [-0.15, -0.1) is 0 Å². The fraction of sp³-hybridized carbons (Fsp3) is 0.444. The maximum absolute atomic E-state index is 13.2. The number of rotatable bonds is 3. The maximum atomic E-state index is 13.2. The highest BCUT2D eigenvalue weighted by Crippen LogP contribution is 2.31. The summed E-state index contributed by atoms with van der Waals surface area (Å²) in [6, 6.07) is 4.92. The average Bonchev–Trinajstić information content (AvgIpc) is 3.10. The summed E-state index contributed by atoms with van der Waals surface area (Å²) in [5.41, 5.74) is 0.574. The molecule has 2 heterocycles. The second-order valence-electron chi connectivity index (χ2n) is 7.74. The molecule has 6 nitrogen and oxygen atoms in total. The van der Waals surface area contributed by atoms with Crippen molar-refractivity contribution < 1.29 is 17.6 Å². The third kappa shape index (κ3) is 4.32. The molecule has 1 N–H and O–H groups in total. The summed E-state index contributed by atoms with van der Waals surface area (Å²) in [5.74, 6) is -0.569. The van der Waals surface area contributed by atoms with Gasteiger partial charge in [-0.2, -0.15) is 5.10 Å². The Morgan fingerprint density at radius 1 is 1.33 bits per heavy atom. The smallest absolute Gasteiger partial charge is 0.258 e. The molecule has 0 aliphatic carbocycles. The SMILES string of the molecule is CC(C)(C)c1cc(NC(=O)c2ccc(F)cc2Cl)n([C@H]2CCS(=O)(=O)C2)n1. The lowest BCUT2D eigenvalue weighted by molar-refractivity contribution is 0.102. The predicted octanol–water partition coefficient (Wildman–Crippen LogP) is 3.59. The van der Waals surface area contributed by atoms with Gasteiger partial charge in [0.1, 0.15) is 11.6 Å². The zero-order valence-electron chi connectivity index (χ0n) is 15.3. The molecule has 1 aromatic carbocycles. The van der Waals surface area contributed by atoms with Crippen molar-refractivity contribution in [1.82, 2.24) is 9.78 Å². The van der Waals surface area contributed by atoms with Gasteiger partial charge in [-0.25, -0.2) is 17.5 Å². The summed E-state index contributed by atoms with van der Waals surface area (Å²) in [7, 11) is -3.12. The van der Waals surface area contributed by atoms with Crippen LogP contribution in [0.1, 0.15) is 49.3 Å². The molecule has 0 spiro atoms. The predicted molar refractivity (Wildman–Crippen MR) is 103 cm³/mol. The van der Waals surface area contributed by atoms with Gasteiger partial charge in [0.2, 0.25) is 0 Å². The topological polar surface area (TPSA) is 81.1 Å². The van der Waals surface area contributed by atoms with Gasteiger partial charge in [0, 0.05) is 11.5 Å².